The first-order chi connectivity index (χ1) is 7.72. The lowest BCUT2D eigenvalue weighted by molar-refractivity contribution is 0.0629. The second-order valence-corrected chi connectivity index (χ2v) is 4.04. The Hall–Kier alpha value is -0.840. The number of aliphatic hydroxyl groups excluding tert-OH is 1. The van der Waals surface area contributed by atoms with Crippen molar-refractivity contribution in [3.8, 4) is 0 Å². The zero-order valence-electron chi connectivity index (χ0n) is 9.98. The number of hydrogen-bond donors (Lipinski definition) is 2. The summed E-state index contributed by atoms with van der Waals surface area (Å²) in [6.07, 6.45) is 3.17. The second-order valence-electron chi connectivity index (χ2n) is 4.04. The molecule has 1 aromatic rings. The molecule has 0 aliphatic heterocycles. The normalized spacial score (nSPS) is 14.9. The summed E-state index contributed by atoms with van der Waals surface area (Å²) in [4.78, 5) is 0. The molecule has 0 aromatic carbocycles. The van der Waals surface area contributed by atoms with Crippen LogP contribution in [0.5, 0.6) is 0 Å². The number of hydrogen-bond acceptors (Lipinski definition) is 4. The molecule has 16 heavy (non-hydrogen) atoms. The maximum atomic E-state index is 9.44. The van der Waals surface area contributed by atoms with E-state index in [2.05, 4.69) is 12.2 Å². The molecule has 1 rings (SSSR count). The van der Waals surface area contributed by atoms with Gasteiger partial charge in [0, 0.05) is 26.1 Å². The van der Waals surface area contributed by atoms with Gasteiger partial charge in [-0.25, -0.2) is 0 Å². The minimum absolute atomic E-state index is 0.358. The molecule has 2 unspecified atom stereocenters. The zero-order valence-corrected chi connectivity index (χ0v) is 9.98. The summed E-state index contributed by atoms with van der Waals surface area (Å²) in [7, 11) is 1.59. The van der Waals surface area contributed by atoms with E-state index in [9.17, 15) is 5.11 Å². The molecule has 1 aromatic heterocycles. The van der Waals surface area contributed by atoms with Crippen molar-refractivity contribution in [3.63, 3.8) is 0 Å². The lowest BCUT2D eigenvalue weighted by Gasteiger charge is -2.16. The Balaban J connectivity index is 2.09. The Labute approximate surface area is 96.6 Å². The number of aryl methyl sites for hydroxylation is 1. The quantitative estimate of drug-likeness (QED) is 0.700. The van der Waals surface area contributed by atoms with Crippen molar-refractivity contribution >= 4 is 0 Å². The van der Waals surface area contributed by atoms with E-state index in [0.717, 1.165) is 18.6 Å². The third-order valence-corrected chi connectivity index (χ3v) is 2.46. The van der Waals surface area contributed by atoms with E-state index in [1.807, 2.05) is 12.1 Å². The van der Waals surface area contributed by atoms with Crippen LogP contribution in [0, 0.1) is 0 Å². The average Bonchev–Trinajstić information content (AvgIpc) is 2.77. The molecule has 2 atom stereocenters. The van der Waals surface area contributed by atoms with E-state index in [4.69, 9.17) is 9.15 Å². The highest BCUT2D eigenvalue weighted by Gasteiger charge is 2.07. The molecule has 0 radical (unpaired) electrons. The third kappa shape index (κ3) is 5.30. The molecule has 0 aliphatic carbocycles. The summed E-state index contributed by atoms with van der Waals surface area (Å²) in [6.45, 7) is 3.04. The Morgan fingerprint density at radius 2 is 2.38 bits per heavy atom. The van der Waals surface area contributed by atoms with E-state index >= 15 is 0 Å². The topological polar surface area (TPSA) is 54.6 Å². The van der Waals surface area contributed by atoms with Gasteiger partial charge in [0.1, 0.15) is 5.76 Å². The Morgan fingerprint density at radius 1 is 1.56 bits per heavy atom. The fraction of sp³-hybridized carbons (Fsp3) is 0.667. The number of aliphatic hydroxyl groups is 1. The van der Waals surface area contributed by atoms with Gasteiger partial charge < -0.3 is 19.6 Å². The predicted molar refractivity (Wildman–Crippen MR) is 62.4 cm³/mol. The maximum Gasteiger partial charge on any atom is 0.103 e. The molecule has 2 N–H and O–H groups in total. The predicted octanol–water partition coefficient (Wildman–Crippen LogP) is 1.20. The minimum atomic E-state index is -0.434. The van der Waals surface area contributed by atoms with Crippen LogP contribution in [-0.2, 0) is 11.2 Å². The van der Waals surface area contributed by atoms with Gasteiger partial charge in [-0.05, 0) is 25.5 Å². The molecule has 0 saturated heterocycles. The van der Waals surface area contributed by atoms with Crippen LogP contribution in [0.1, 0.15) is 19.1 Å². The van der Waals surface area contributed by atoms with Gasteiger partial charge in [0.2, 0.25) is 0 Å². The SMILES string of the molecule is COCC(O)CNC(C)CCc1ccco1. The van der Waals surface area contributed by atoms with Crippen molar-refractivity contribution in [2.24, 2.45) is 0 Å². The molecule has 0 aliphatic rings. The summed E-state index contributed by atoms with van der Waals surface area (Å²) in [5.74, 6) is 1.01. The number of nitrogens with one attached hydrogen (secondary N) is 1. The van der Waals surface area contributed by atoms with Crippen LogP contribution < -0.4 is 5.32 Å². The van der Waals surface area contributed by atoms with Crippen LogP contribution in [0.25, 0.3) is 0 Å². The molecular weight excluding hydrogens is 206 g/mol. The second kappa shape index (κ2) is 7.44. The molecule has 4 heteroatoms. The number of furan rings is 1. The van der Waals surface area contributed by atoms with Crippen molar-refractivity contribution in [2.45, 2.75) is 31.9 Å². The Bertz CT molecular complexity index is 261. The molecule has 0 bridgehead atoms. The van der Waals surface area contributed by atoms with Gasteiger partial charge in [-0.1, -0.05) is 0 Å². The van der Waals surface area contributed by atoms with Crippen LogP contribution in [0.15, 0.2) is 22.8 Å². The van der Waals surface area contributed by atoms with E-state index in [0.29, 0.717) is 19.2 Å². The molecule has 0 fully saturated rings. The number of rotatable bonds is 8. The number of methoxy groups -OCH3 is 1. The van der Waals surface area contributed by atoms with Gasteiger partial charge in [0.15, 0.2) is 0 Å². The van der Waals surface area contributed by atoms with Gasteiger partial charge in [-0.15, -0.1) is 0 Å². The summed E-state index contributed by atoms with van der Waals surface area (Å²) in [6, 6.07) is 4.24. The van der Waals surface area contributed by atoms with Crippen molar-refractivity contribution in [1.29, 1.82) is 0 Å². The zero-order chi connectivity index (χ0) is 11.8. The van der Waals surface area contributed by atoms with Crippen LogP contribution in [-0.4, -0.2) is 37.5 Å². The van der Waals surface area contributed by atoms with Gasteiger partial charge in [0.05, 0.1) is 19.0 Å². The molecule has 1 heterocycles. The van der Waals surface area contributed by atoms with Crippen LogP contribution >= 0.6 is 0 Å². The highest BCUT2D eigenvalue weighted by atomic mass is 16.5. The highest BCUT2D eigenvalue weighted by Crippen LogP contribution is 2.05. The first kappa shape index (κ1) is 13.2. The Kier molecular flexibility index (Phi) is 6.15. The van der Waals surface area contributed by atoms with E-state index in [1.165, 1.54) is 0 Å². The van der Waals surface area contributed by atoms with Gasteiger partial charge in [-0.3, -0.25) is 0 Å². The smallest absolute Gasteiger partial charge is 0.103 e. The van der Waals surface area contributed by atoms with E-state index in [1.54, 1.807) is 13.4 Å². The highest BCUT2D eigenvalue weighted by molar-refractivity contribution is 4.98. The third-order valence-electron chi connectivity index (χ3n) is 2.46. The van der Waals surface area contributed by atoms with Crippen molar-refractivity contribution in [1.82, 2.24) is 5.32 Å². The maximum absolute atomic E-state index is 9.44. The van der Waals surface area contributed by atoms with E-state index < -0.39 is 6.10 Å². The number of ether oxygens (including phenoxy) is 1. The summed E-state index contributed by atoms with van der Waals surface area (Å²) >= 11 is 0. The first-order valence-corrected chi connectivity index (χ1v) is 5.65. The van der Waals surface area contributed by atoms with Crippen molar-refractivity contribution < 1.29 is 14.3 Å². The van der Waals surface area contributed by atoms with Crippen molar-refractivity contribution in [2.75, 3.05) is 20.3 Å². The summed E-state index contributed by atoms with van der Waals surface area (Å²) in [5, 5.41) is 12.7. The monoisotopic (exact) mass is 227 g/mol. The van der Waals surface area contributed by atoms with Gasteiger partial charge >= 0.3 is 0 Å². The van der Waals surface area contributed by atoms with Crippen LogP contribution in [0.3, 0.4) is 0 Å². The van der Waals surface area contributed by atoms with Gasteiger partial charge in [-0.2, -0.15) is 0 Å². The van der Waals surface area contributed by atoms with Gasteiger partial charge in [0.25, 0.3) is 0 Å². The fourth-order valence-corrected chi connectivity index (χ4v) is 1.50. The first-order valence-electron chi connectivity index (χ1n) is 5.65. The van der Waals surface area contributed by atoms with E-state index in [-0.39, 0.29) is 0 Å². The molecule has 4 nitrogen and oxygen atoms in total. The lowest BCUT2D eigenvalue weighted by atomic mass is 10.1. The standard InChI is InChI=1S/C12H21NO3/c1-10(13-8-11(14)9-15-2)5-6-12-4-3-7-16-12/h3-4,7,10-11,13-14H,5-6,8-9H2,1-2H3. The largest absolute Gasteiger partial charge is 0.469 e. The molecular formula is C12H21NO3. The van der Waals surface area contributed by atoms with Crippen LogP contribution in [0.2, 0.25) is 0 Å². The Morgan fingerprint density at radius 3 is 3.00 bits per heavy atom. The summed E-state index contributed by atoms with van der Waals surface area (Å²) < 4.78 is 10.1. The molecule has 0 saturated carbocycles. The fourth-order valence-electron chi connectivity index (χ4n) is 1.50. The minimum Gasteiger partial charge on any atom is -0.469 e. The molecule has 0 amide bonds. The lowest BCUT2D eigenvalue weighted by Crippen LogP contribution is -2.36. The molecule has 0 spiro atoms. The molecule has 92 valence electrons. The average molecular weight is 227 g/mol. The van der Waals surface area contributed by atoms with Crippen LogP contribution in [0.4, 0.5) is 0 Å². The van der Waals surface area contributed by atoms with Crippen molar-refractivity contribution in [3.05, 3.63) is 24.2 Å². The summed E-state index contributed by atoms with van der Waals surface area (Å²) in [5.41, 5.74) is 0.